The van der Waals surface area contributed by atoms with Gasteiger partial charge in [-0.1, -0.05) is 35.3 Å². The molecule has 2 aromatic rings. The van der Waals surface area contributed by atoms with Crippen LogP contribution in [0.25, 0.3) is 0 Å². The minimum atomic E-state index is -10.7. The van der Waals surface area contributed by atoms with Crippen molar-refractivity contribution in [1.29, 1.82) is 0 Å². The molecule has 1 fully saturated rings. The summed E-state index contributed by atoms with van der Waals surface area (Å²) in [5, 5.41) is 3.24. The van der Waals surface area contributed by atoms with E-state index in [0.29, 0.717) is 32.9 Å². The Morgan fingerprint density at radius 2 is 1.39 bits per heavy atom. The van der Waals surface area contributed by atoms with Crippen LogP contribution in [0.4, 0.5) is 30.0 Å². The van der Waals surface area contributed by atoms with Gasteiger partial charge in [-0.05, 0) is 82.7 Å². The molecule has 1 amide bonds. The van der Waals surface area contributed by atoms with Crippen LogP contribution >= 0.6 is 31.0 Å². The van der Waals surface area contributed by atoms with Gasteiger partial charge in [0.1, 0.15) is 17.4 Å². The molecule has 0 heterocycles. The Labute approximate surface area is 275 Å². The van der Waals surface area contributed by atoms with Gasteiger partial charge in [0.15, 0.2) is 11.5 Å². The van der Waals surface area contributed by atoms with E-state index in [0.717, 1.165) is 0 Å². The molecule has 0 unspecified atom stereocenters. The van der Waals surface area contributed by atoms with Gasteiger partial charge in [-0.25, -0.2) is 9.59 Å². The first kappa shape index (κ1) is 42.0. The molecule has 3 rings (SSSR count). The van der Waals surface area contributed by atoms with Crippen molar-refractivity contribution >= 4 is 43.1 Å². The fourth-order valence-corrected chi connectivity index (χ4v) is 3.47. The van der Waals surface area contributed by atoms with E-state index in [2.05, 4.69) is 5.32 Å². The van der Waals surface area contributed by atoms with Crippen molar-refractivity contribution in [2.45, 2.75) is 38.8 Å². The maximum atomic E-state index is 12.1. The molecule has 1 N–H and O–H groups in total. The van der Waals surface area contributed by atoms with Gasteiger partial charge >= 0.3 is 64.5 Å². The fourth-order valence-electron chi connectivity index (χ4n) is 2.98. The second-order valence-electron chi connectivity index (χ2n) is 9.48. The molecule has 0 bridgehead atoms. The van der Waals surface area contributed by atoms with Gasteiger partial charge in [-0.3, -0.25) is 0 Å². The Kier molecular flexibility index (Phi) is 15.8. The van der Waals surface area contributed by atoms with Crippen molar-refractivity contribution in [2.75, 3.05) is 14.2 Å². The van der Waals surface area contributed by atoms with E-state index >= 15 is 0 Å². The minimum Gasteiger partial charge on any atom is -0.0312 e. The molecule has 1 aliphatic rings. The third kappa shape index (κ3) is 20.1. The van der Waals surface area contributed by atoms with Crippen molar-refractivity contribution < 1.29 is 73.2 Å². The number of benzene rings is 2. The summed E-state index contributed by atoms with van der Waals surface area (Å²) in [7, 11) is -7.92. The average molecular weight is 781 g/mol. The van der Waals surface area contributed by atoms with Crippen molar-refractivity contribution in [1.82, 2.24) is 5.32 Å². The van der Waals surface area contributed by atoms with Crippen LogP contribution in [-0.4, -0.2) is 37.9 Å². The molecule has 7 nitrogen and oxygen atoms in total. The summed E-state index contributed by atoms with van der Waals surface area (Å²) in [6.45, 7) is 5.19. The predicted molar refractivity (Wildman–Crippen MR) is 153 cm³/mol. The van der Waals surface area contributed by atoms with E-state index in [4.69, 9.17) is 42.1 Å². The van der Waals surface area contributed by atoms with E-state index in [1.54, 1.807) is 57.2 Å². The van der Waals surface area contributed by atoms with Crippen molar-refractivity contribution in [3.8, 4) is 17.2 Å². The molecule has 1 saturated carbocycles. The summed E-state index contributed by atoms with van der Waals surface area (Å²) >= 11 is 12.5. The molecule has 17 heteroatoms. The normalized spacial score (nSPS) is 14.8. The Hall–Kier alpha value is -2.01. The third-order valence-electron chi connectivity index (χ3n) is 4.52. The largest absolute Gasteiger partial charge is 2.00 e. The Morgan fingerprint density at radius 1 is 0.864 bits per heavy atom. The number of rotatable bonds is 7. The van der Waals surface area contributed by atoms with Crippen LogP contribution in [0.15, 0.2) is 36.4 Å². The SMILES string of the molecule is COC(=O)[C@H](Cc1ccc(Oc2cccc(Cl)c2OC)c(Cl)c1)NC(=O)OC(C)(C)C.F[P-](F)(F)(F)(F)F.[CH]1[CH][CH][CH][CH]1.[Ru+2]. The minimum absolute atomic E-state index is 0. The predicted octanol–water partition coefficient (Wildman–Crippen LogP) is 9.80. The number of halogens is 8. The number of ether oxygens (including phenoxy) is 4. The van der Waals surface area contributed by atoms with E-state index in [1.165, 1.54) is 14.2 Å². The second kappa shape index (κ2) is 16.5. The number of alkyl carbamates (subject to hydrolysis) is 1. The molecule has 0 saturated heterocycles. The molecule has 0 spiro atoms. The van der Waals surface area contributed by atoms with Crippen LogP contribution in [0, 0.1) is 32.1 Å². The number of para-hydroxylation sites is 1. The Balaban J connectivity index is 0.00000118. The zero-order valence-electron chi connectivity index (χ0n) is 23.9. The van der Waals surface area contributed by atoms with Crippen molar-refractivity contribution in [3.63, 3.8) is 0 Å². The number of hydrogen-bond acceptors (Lipinski definition) is 6. The standard InChI is InChI=1S/C22H25Cl2NO6.C5H5.F6P.Ru/c1-22(2,3)31-21(27)25-16(20(26)29-5)12-13-9-10-17(15(24)11-13)30-18-8-6-7-14(23)19(18)28-4;1-2-4-5-3-1;1-7(2,3,4,5)6;/h6-11,16H,12H2,1-5H3,(H,25,27);1-5H;;/q;;-1;+2/t16-;;;/m0.../s1. The van der Waals surface area contributed by atoms with E-state index in [1.807, 2.05) is 32.1 Å². The van der Waals surface area contributed by atoms with E-state index in [9.17, 15) is 34.8 Å². The topological polar surface area (TPSA) is 83.1 Å². The number of carbonyl (C=O) groups excluding carboxylic acids is 2. The molecular formula is C27H30Cl2F6NO6PRu+. The number of carbonyl (C=O) groups is 2. The summed E-state index contributed by atoms with van der Waals surface area (Å²) in [5.41, 5.74) is -0.0177. The zero-order chi connectivity index (χ0) is 33.1. The molecule has 1 atom stereocenters. The molecule has 0 aliphatic heterocycles. The monoisotopic (exact) mass is 781 g/mol. The Bertz CT molecular complexity index is 1230. The molecule has 44 heavy (non-hydrogen) atoms. The molecule has 247 valence electrons. The van der Waals surface area contributed by atoms with Crippen LogP contribution in [0.3, 0.4) is 0 Å². The van der Waals surface area contributed by atoms with Gasteiger partial charge in [0.05, 0.1) is 24.3 Å². The van der Waals surface area contributed by atoms with E-state index in [-0.39, 0.29) is 25.9 Å². The number of methoxy groups -OCH3 is 2. The van der Waals surface area contributed by atoms with Gasteiger partial charge in [-0.2, -0.15) is 0 Å². The number of esters is 1. The fraction of sp³-hybridized carbons (Fsp3) is 0.296. The molecule has 5 radical (unpaired) electrons. The number of nitrogens with one attached hydrogen (secondary N) is 1. The van der Waals surface area contributed by atoms with Crippen LogP contribution < -0.4 is 14.8 Å². The van der Waals surface area contributed by atoms with Gasteiger partial charge in [0, 0.05) is 6.42 Å². The van der Waals surface area contributed by atoms with Gasteiger partial charge in [-0.15, -0.1) is 0 Å². The molecule has 0 aromatic heterocycles. The van der Waals surface area contributed by atoms with Crippen LogP contribution in [0.5, 0.6) is 17.2 Å². The number of amides is 1. The van der Waals surface area contributed by atoms with Crippen LogP contribution in [0.1, 0.15) is 26.3 Å². The summed E-state index contributed by atoms with van der Waals surface area (Å²) in [6.07, 6.45) is 9.42. The van der Waals surface area contributed by atoms with Crippen molar-refractivity contribution in [3.05, 3.63) is 84.1 Å². The summed E-state index contributed by atoms with van der Waals surface area (Å²) in [5.74, 6) is 0.562. The van der Waals surface area contributed by atoms with Gasteiger partial charge < -0.3 is 24.3 Å². The van der Waals surface area contributed by atoms with Gasteiger partial charge in [0.25, 0.3) is 0 Å². The van der Waals surface area contributed by atoms with Crippen molar-refractivity contribution in [2.24, 2.45) is 0 Å². The average Bonchev–Trinajstić information content (AvgIpc) is 3.42. The summed E-state index contributed by atoms with van der Waals surface area (Å²) < 4.78 is 80.3. The van der Waals surface area contributed by atoms with Gasteiger partial charge in [0.2, 0.25) is 0 Å². The summed E-state index contributed by atoms with van der Waals surface area (Å²) in [4.78, 5) is 24.2. The zero-order valence-corrected chi connectivity index (χ0v) is 28.1. The quantitative estimate of drug-likeness (QED) is 0.130. The van der Waals surface area contributed by atoms with Crippen LogP contribution in [0.2, 0.25) is 10.0 Å². The Morgan fingerprint density at radius 3 is 1.82 bits per heavy atom. The smallest absolute Gasteiger partial charge is 0.0312 e. The first-order valence-electron chi connectivity index (χ1n) is 12.1. The first-order valence-corrected chi connectivity index (χ1v) is 14.9. The first-order chi connectivity index (χ1) is 19.5. The van der Waals surface area contributed by atoms with E-state index < -0.39 is 31.5 Å². The summed E-state index contributed by atoms with van der Waals surface area (Å²) in [6, 6.07) is 9.18. The molecular weight excluding hydrogens is 751 g/mol. The molecule has 2 aromatic carbocycles. The molecule has 1 aliphatic carbocycles. The maximum Gasteiger partial charge on any atom is 2.00 e. The third-order valence-corrected chi connectivity index (χ3v) is 5.12. The maximum absolute atomic E-state index is 12.1. The van der Waals surface area contributed by atoms with Crippen LogP contribution in [-0.2, 0) is 40.2 Å². The second-order valence-corrected chi connectivity index (χ2v) is 12.2. The number of hydrogen-bond donors (Lipinski definition) is 1.